The Kier molecular flexibility index (Phi) is 8.10. The summed E-state index contributed by atoms with van der Waals surface area (Å²) in [6, 6.07) is 5.13. The molecule has 0 aromatic heterocycles. The van der Waals surface area contributed by atoms with E-state index in [1.54, 1.807) is 30.0 Å². The molecule has 1 rings (SSSR count). The normalized spacial score (nSPS) is 11.6. The number of thioether (sulfide) groups is 1. The minimum absolute atomic E-state index is 0.190. The summed E-state index contributed by atoms with van der Waals surface area (Å²) in [5, 5.41) is 3.02. The molecule has 21 heavy (non-hydrogen) atoms. The average molecular weight is 332 g/mol. The van der Waals surface area contributed by atoms with Crippen molar-refractivity contribution in [1.29, 1.82) is 0 Å². The molecule has 0 aliphatic heterocycles. The Balaban J connectivity index is 2.77. The fourth-order valence-corrected chi connectivity index (χ4v) is 3.62. The van der Waals surface area contributed by atoms with E-state index in [2.05, 4.69) is 10.0 Å². The molecule has 0 saturated heterocycles. The van der Waals surface area contributed by atoms with Gasteiger partial charge in [0, 0.05) is 13.1 Å². The number of benzene rings is 1. The summed E-state index contributed by atoms with van der Waals surface area (Å²) in [6.45, 7) is 1.11. The van der Waals surface area contributed by atoms with Crippen LogP contribution in [-0.4, -0.2) is 41.1 Å². The summed E-state index contributed by atoms with van der Waals surface area (Å²) >= 11 is 1.77. The maximum atomic E-state index is 12.3. The smallest absolute Gasteiger partial charge is 0.244 e. The van der Waals surface area contributed by atoms with Crippen LogP contribution < -0.4 is 14.8 Å². The zero-order chi connectivity index (χ0) is 15.7. The third kappa shape index (κ3) is 5.86. The topological polar surface area (TPSA) is 67.4 Å². The van der Waals surface area contributed by atoms with E-state index in [0.29, 0.717) is 18.8 Å². The van der Waals surface area contributed by atoms with Crippen LogP contribution in [0, 0.1) is 0 Å². The highest BCUT2D eigenvalue weighted by Gasteiger charge is 2.19. The van der Waals surface area contributed by atoms with Gasteiger partial charge in [0.05, 0.1) is 7.11 Å². The van der Waals surface area contributed by atoms with Gasteiger partial charge in [0.15, 0.2) is 0 Å². The number of nitrogens with one attached hydrogen (secondary N) is 2. The minimum Gasteiger partial charge on any atom is -0.495 e. The van der Waals surface area contributed by atoms with Crippen molar-refractivity contribution >= 4 is 21.8 Å². The van der Waals surface area contributed by atoms with Crippen LogP contribution in [0.2, 0.25) is 0 Å². The van der Waals surface area contributed by atoms with Crippen LogP contribution in [-0.2, 0) is 16.6 Å². The fourth-order valence-electron chi connectivity index (χ4n) is 1.90. The van der Waals surface area contributed by atoms with E-state index in [-0.39, 0.29) is 4.90 Å². The molecular formula is C14H24N2O3S2. The van der Waals surface area contributed by atoms with Crippen molar-refractivity contribution in [2.75, 3.05) is 32.7 Å². The third-order valence-electron chi connectivity index (χ3n) is 2.97. The highest BCUT2D eigenvalue weighted by molar-refractivity contribution is 7.98. The van der Waals surface area contributed by atoms with E-state index in [1.165, 1.54) is 7.11 Å². The van der Waals surface area contributed by atoms with Crippen LogP contribution in [0.1, 0.15) is 18.4 Å². The zero-order valence-corrected chi connectivity index (χ0v) is 14.4. The molecule has 0 atom stereocenters. The molecule has 7 heteroatoms. The van der Waals surface area contributed by atoms with Gasteiger partial charge in [-0.1, -0.05) is 6.07 Å². The zero-order valence-electron chi connectivity index (χ0n) is 12.8. The number of hydrogen-bond donors (Lipinski definition) is 2. The predicted molar refractivity (Wildman–Crippen MR) is 88.6 cm³/mol. The Hall–Kier alpha value is -0.760. The standard InChI is InChI=1S/C14H24N2O3S2/c1-15-11-12-6-7-14(13(10-12)19-2)21(17,18)16-8-4-5-9-20-3/h6-7,10,15-16H,4-5,8-9,11H2,1-3H3. The van der Waals surface area contributed by atoms with Gasteiger partial charge in [0.2, 0.25) is 10.0 Å². The minimum atomic E-state index is -3.52. The number of unbranched alkanes of at least 4 members (excludes halogenated alkanes) is 1. The molecule has 5 nitrogen and oxygen atoms in total. The molecule has 0 bridgehead atoms. The number of hydrogen-bond acceptors (Lipinski definition) is 5. The highest BCUT2D eigenvalue weighted by atomic mass is 32.2. The highest BCUT2D eigenvalue weighted by Crippen LogP contribution is 2.24. The maximum Gasteiger partial charge on any atom is 0.244 e. The quantitative estimate of drug-likeness (QED) is 0.640. The number of methoxy groups -OCH3 is 1. The van der Waals surface area contributed by atoms with Crippen LogP contribution >= 0.6 is 11.8 Å². The van der Waals surface area contributed by atoms with E-state index in [1.807, 2.05) is 13.3 Å². The second-order valence-corrected chi connectivity index (χ2v) is 7.33. The molecule has 0 aliphatic carbocycles. The molecule has 0 aliphatic rings. The molecule has 0 amide bonds. The maximum absolute atomic E-state index is 12.3. The van der Waals surface area contributed by atoms with Gasteiger partial charge in [-0.2, -0.15) is 11.8 Å². The van der Waals surface area contributed by atoms with Gasteiger partial charge in [0.25, 0.3) is 0 Å². The summed E-state index contributed by atoms with van der Waals surface area (Å²) in [5.41, 5.74) is 0.980. The van der Waals surface area contributed by atoms with E-state index in [0.717, 1.165) is 24.2 Å². The van der Waals surface area contributed by atoms with Gasteiger partial charge in [-0.3, -0.25) is 0 Å². The largest absolute Gasteiger partial charge is 0.495 e. The van der Waals surface area contributed by atoms with Gasteiger partial charge < -0.3 is 10.1 Å². The van der Waals surface area contributed by atoms with Crippen LogP contribution in [0.3, 0.4) is 0 Å². The Morgan fingerprint density at radius 3 is 2.67 bits per heavy atom. The lowest BCUT2D eigenvalue weighted by Gasteiger charge is -2.12. The summed E-state index contributed by atoms with van der Waals surface area (Å²) in [5.74, 6) is 1.42. The SMILES string of the molecule is CNCc1ccc(S(=O)(=O)NCCCCSC)c(OC)c1. The Morgan fingerprint density at radius 2 is 2.05 bits per heavy atom. The average Bonchev–Trinajstić information content (AvgIpc) is 2.47. The predicted octanol–water partition coefficient (Wildman–Crippen LogP) is 1.84. The second kappa shape index (κ2) is 9.30. The van der Waals surface area contributed by atoms with E-state index in [9.17, 15) is 8.42 Å². The second-order valence-electron chi connectivity index (χ2n) is 4.61. The van der Waals surface area contributed by atoms with E-state index in [4.69, 9.17) is 4.74 Å². The molecular weight excluding hydrogens is 308 g/mol. The Labute approximate surface area is 131 Å². The van der Waals surface area contributed by atoms with Crippen LogP contribution in [0.5, 0.6) is 5.75 Å². The summed E-state index contributed by atoms with van der Waals surface area (Å²) in [7, 11) is -0.201. The number of rotatable bonds is 10. The lowest BCUT2D eigenvalue weighted by atomic mass is 10.2. The summed E-state index contributed by atoms with van der Waals surface area (Å²) in [4.78, 5) is 0.190. The van der Waals surface area contributed by atoms with Crippen molar-refractivity contribution in [1.82, 2.24) is 10.0 Å². The van der Waals surface area contributed by atoms with Crippen molar-refractivity contribution in [3.05, 3.63) is 23.8 Å². The van der Waals surface area contributed by atoms with Crippen molar-refractivity contribution in [3.63, 3.8) is 0 Å². The molecule has 0 heterocycles. The number of sulfonamides is 1. The lowest BCUT2D eigenvalue weighted by molar-refractivity contribution is 0.401. The molecule has 0 fully saturated rings. The first-order valence-electron chi connectivity index (χ1n) is 6.85. The number of ether oxygens (including phenoxy) is 1. The third-order valence-corrected chi connectivity index (χ3v) is 5.16. The van der Waals surface area contributed by atoms with Gasteiger partial charge in [-0.25, -0.2) is 13.1 Å². The van der Waals surface area contributed by atoms with Crippen molar-refractivity contribution in [2.45, 2.75) is 24.3 Å². The fraction of sp³-hybridized carbons (Fsp3) is 0.571. The first-order chi connectivity index (χ1) is 10.0. The summed E-state index contributed by atoms with van der Waals surface area (Å²) < 4.78 is 32.4. The summed E-state index contributed by atoms with van der Waals surface area (Å²) in [6.07, 6.45) is 3.88. The molecule has 2 N–H and O–H groups in total. The van der Waals surface area contributed by atoms with Gasteiger partial charge >= 0.3 is 0 Å². The van der Waals surface area contributed by atoms with Crippen LogP contribution in [0.15, 0.2) is 23.1 Å². The first kappa shape index (κ1) is 18.3. The lowest BCUT2D eigenvalue weighted by Crippen LogP contribution is -2.25. The van der Waals surface area contributed by atoms with Crippen LogP contribution in [0.4, 0.5) is 0 Å². The van der Waals surface area contributed by atoms with E-state index < -0.39 is 10.0 Å². The molecule has 120 valence electrons. The van der Waals surface area contributed by atoms with Gasteiger partial charge in [-0.05, 0) is 49.6 Å². The van der Waals surface area contributed by atoms with Crippen molar-refractivity contribution in [2.24, 2.45) is 0 Å². The molecule has 0 radical (unpaired) electrons. The Morgan fingerprint density at radius 1 is 1.29 bits per heavy atom. The monoisotopic (exact) mass is 332 g/mol. The molecule has 0 spiro atoms. The Bertz CT molecular complexity index is 533. The molecule has 0 unspecified atom stereocenters. The van der Waals surface area contributed by atoms with Crippen LogP contribution in [0.25, 0.3) is 0 Å². The molecule has 1 aromatic rings. The van der Waals surface area contributed by atoms with E-state index >= 15 is 0 Å². The van der Waals surface area contributed by atoms with Crippen molar-refractivity contribution in [3.8, 4) is 5.75 Å². The van der Waals surface area contributed by atoms with Crippen molar-refractivity contribution < 1.29 is 13.2 Å². The molecule has 1 aromatic carbocycles. The first-order valence-corrected chi connectivity index (χ1v) is 9.73. The van der Waals surface area contributed by atoms with Gasteiger partial charge in [0.1, 0.15) is 10.6 Å². The van der Waals surface area contributed by atoms with Gasteiger partial charge in [-0.15, -0.1) is 0 Å². The molecule has 0 saturated carbocycles.